The summed E-state index contributed by atoms with van der Waals surface area (Å²) in [6, 6.07) is 0. The van der Waals surface area contributed by atoms with Crippen molar-refractivity contribution in [3.05, 3.63) is 0 Å². The highest BCUT2D eigenvalue weighted by atomic mass is 14.4. The van der Waals surface area contributed by atoms with Crippen molar-refractivity contribution in [3.63, 3.8) is 0 Å². The largest absolute Gasteiger partial charge is 0.0622 e. The van der Waals surface area contributed by atoms with Crippen molar-refractivity contribution in [1.82, 2.24) is 0 Å². The zero-order valence-electron chi connectivity index (χ0n) is 12.4. The van der Waals surface area contributed by atoms with Crippen LogP contribution in [0.15, 0.2) is 0 Å². The van der Waals surface area contributed by atoms with Gasteiger partial charge in [0.1, 0.15) is 0 Å². The van der Waals surface area contributed by atoms with Crippen molar-refractivity contribution in [1.29, 1.82) is 0 Å². The van der Waals surface area contributed by atoms with Crippen molar-refractivity contribution in [2.45, 2.75) is 84.0 Å². The molecule has 0 nitrogen and oxygen atoms in total. The van der Waals surface area contributed by atoms with E-state index in [0.717, 1.165) is 17.8 Å². The lowest BCUT2D eigenvalue weighted by Crippen LogP contribution is -2.21. The summed E-state index contributed by atoms with van der Waals surface area (Å²) < 4.78 is 0. The molecule has 0 aromatic heterocycles. The smallest absolute Gasteiger partial charge is 0.0360 e. The Hall–Kier alpha value is 0. The van der Waals surface area contributed by atoms with Crippen LogP contribution in [-0.4, -0.2) is 0 Å². The maximum absolute atomic E-state index is 2.46. The lowest BCUT2D eigenvalue weighted by Gasteiger charge is -2.31. The Bertz CT molecular complexity index is 237. The molecular weight excluding hydrogens is 216 g/mol. The molecule has 4 aliphatic rings. The molecule has 4 fully saturated rings. The third kappa shape index (κ3) is 2.78. The van der Waals surface area contributed by atoms with Crippen LogP contribution in [0.5, 0.6) is 0 Å². The van der Waals surface area contributed by atoms with Crippen LogP contribution in [0.4, 0.5) is 0 Å². The Kier molecular flexibility index (Phi) is 4.31. The predicted molar refractivity (Wildman–Crippen MR) is 78.5 cm³/mol. The van der Waals surface area contributed by atoms with E-state index >= 15 is 0 Å². The molecule has 3 atom stereocenters. The maximum Gasteiger partial charge on any atom is -0.0360 e. The lowest BCUT2D eigenvalue weighted by molar-refractivity contribution is 0.197. The molecule has 0 N–H and O–H groups in total. The molecule has 3 unspecified atom stereocenters. The third-order valence-electron chi connectivity index (χ3n) is 6.65. The van der Waals surface area contributed by atoms with Gasteiger partial charge in [-0.2, -0.15) is 0 Å². The monoisotopic (exact) mass is 248 g/mol. The first-order valence-electron chi connectivity index (χ1n) is 8.84. The molecule has 0 aromatic carbocycles. The summed E-state index contributed by atoms with van der Waals surface area (Å²) in [6.07, 6.45) is 18.5. The minimum atomic E-state index is 1.06. The highest BCUT2D eigenvalue weighted by molar-refractivity contribution is 4.84. The molecule has 0 saturated heterocycles. The molecule has 0 radical (unpaired) electrons. The summed E-state index contributed by atoms with van der Waals surface area (Å²) in [4.78, 5) is 0. The van der Waals surface area contributed by atoms with Gasteiger partial charge in [-0.15, -0.1) is 0 Å². The quantitative estimate of drug-likeness (QED) is 0.507. The zero-order chi connectivity index (χ0) is 12.4. The summed E-state index contributed by atoms with van der Waals surface area (Å²) in [7, 11) is 0. The van der Waals surface area contributed by atoms with Gasteiger partial charge in [-0.25, -0.2) is 0 Å². The first-order chi connectivity index (χ1) is 8.84. The Morgan fingerprint density at radius 1 is 0.500 bits per heavy atom. The van der Waals surface area contributed by atoms with Crippen LogP contribution in [0, 0.1) is 29.6 Å². The Balaban J connectivity index is 0.000000114. The SMILES string of the molecule is C1CC2CCCC2C1.CC1CCCC2CCCC12. The van der Waals surface area contributed by atoms with Crippen LogP contribution >= 0.6 is 0 Å². The highest BCUT2D eigenvalue weighted by Gasteiger charge is 2.33. The summed E-state index contributed by atoms with van der Waals surface area (Å²) in [6.45, 7) is 2.46. The Morgan fingerprint density at radius 3 is 1.50 bits per heavy atom. The van der Waals surface area contributed by atoms with Crippen LogP contribution in [0.1, 0.15) is 84.0 Å². The average molecular weight is 248 g/mol. The number of fused-ring (bicyclic) bond motifs is 2. The van der Waals surface area contributed by atoms with E-state index < -0.39 is 0 Å². The molecule has 0 spiro atoms. The van der Waals surface area contributed by atoms with E-state index in [2.05, 4.69) is 6.92 Å². The molecule has 0 heteroatoms. The fourth-order valence-corrected chi connectivity index (χ4v) is 5.61. The van der Waals surface area contributed by atoms with Crippen LogP contribution in [0.25, 0.3) is 0 Å². The molecule has 0 aliphatic heterocycles. The number of rotatable bonds is 0. The van der Waals surface area contributed by atoms with Crippen LogP contribution in [0.3, 0.4) is 0 Å². The zero-order valence-corrected chi connectivity index (χ0v) is 12.4. The van der Waals surface area contributed by atoms with E-state index in [-0.39, 0.29) is 0 Å². The van der Waals surface area contributed by atoms with Gasteiger partial charge in [-0.3, -0.25) is 0 Å². The van der Waals surface area contributed by atoms with Gasteiger partial charge in [0, 0.05) is 0 Å². The van der Waals surface area contributed by atoms with E-state index in [0.29, 0.717) is 0 Å². The summed E-state index contributed by atoms with van der Waals surface area (Å²) in [5, 5.41) is 0. The highest BCUT2D eigenvalue weighted by Crippen LogP contribution is 2.45. The second kappa shape index (κ2) is 5.97. The van der Waals surface area contributed by atoms with E-state index in [9.17, 15) is 0 Å². The lowest BCUT2D eigenvalue weighted by atomic mass is 9.75. The van der Waals surface area contributed by atoms with Gasteiger partial charge in [0.2, 0.25) is 0 Å². The Labute approximate surface area is 114 Å². The normalized spacial score (nSPS) is 46.2. The van der Waals surface area contributed by atoms with Gasteiger partial charge in [0.15, 0.2) is 0 Å². The fourth-order valence-electron chi connectivity index (χ4n) is 5.61. The van der Waals surface area contributed by atoms with E-state index in [4.69, 9.17) is 0 Å². The maximum atomic E-state index is 2.46. The minimum Gasteiger partial charge on any atom is -0.0622 e. The molecular formula is C18H32. The average Bonchev–Trinajstić information content (AvgIpc) is 3.06. The Morgan fingerprint density at radius 2 is 0.944 bits per heavy atom. The van der Waals surface area contributed by atoms with E-state index in [1.54, 1.807) is 44.9 Å². The van der Waals surface area contributed by atoms with Crippen molar-refractivity contribution in [2.75, 3.05) is 0 Å². The second-order valence-corrected chi connectivity index (χ2v) is 7.64. The molecule has 18 heavy (non-hydrogen) atoms. The summed E-state index contributed by atoms with van der Waals surface area (Å²) in [5.41, 5.74) is 0. The van der Waals surface area contributed by atoms with Crippen LogP contribution in [-0.2, 0) is 0 Å². The summed E-state index contributed by atoms with van der Waals surface area (Å²) in [5.74, 6) is 5.68. The first kappa shape index (κ1) is 13.0. The van der Waals surface area contributed by atoms with E-state index in [1.165, 1.54) is 43.9 Å². The van der Waals surface area contributed by atoms with Crippen LogP contribution < -0.4 is 0 Å². The number of hydrogen-bond acceptors (Lipinski definition) is 0. The van der Waals surface area contributed by atoms with Crippen molar-refractivity contribution in [2.24, 2.45) is 29.6 Å². The van der Waals surface area contributed by atoms with Crippen LogP contribution in [0.2, 0.25) is 0 Å². The topological polar surface area (TPSA) is 0 Å². The molecule has 4 saturated carbocycles. The summed E-state index contributed by atoms with van der Waals surface area (Å²) >= 11 is 0. The first-order valence-corrected chi connectivity index (χ1v) is 8.84. The number of hydrogen-bond donors (Lipinski definition) is 0. The molecule has 4 aliphatic carbocycles. The fraction of sp³-hybridized carbons (Fsp3) is 1.00. The van der Waals surface area contributed by atoms with Gasteiger partial charge in [0.25, 0.3) is 0 Å². The molecule has 4 rings (SSSR count). The standard InChI is InChI=1S/C10H18.C8H14/c1-8-4-2-5-9-6-3-7-10(8)9;1-3-7-5-2-6-8(7)4-1/h8-10H,2-7H2,1H3;7-8H,1-6H2. The molecule has 0 bridgehead atoms. The predicted octanol–water partition coefficient (Wildman–Crippen LogP) is 5.81. The third-order valence-corrected chi connectivity index (χ3v) is 6.65. The van der Waals surface area contributed by atoms with Gasteiger partial charge in [-0.05, 0) is 36.0 Å². The second-order valence-electron chi connectivity index (χ2n) is 7.64. The van der Waals surface area contributed by atoms with Crippen molar-refractivity contribution >= 4 is 0 Å². The van der Waals surface area contributed by atoms with Crippen molar-refractivity contribution in [3.8, 4) is 0 Å². The van der Waals surface area contributed by atoms with Crippen molar-refractivity contribution < 1.29 is 0 Å². The molecule has 104 valence electrons. The molecule has 0 heterocycles. The van der Waals surface area contributed by atoms with Gasteiger partial charge >= 0.3 is 0 Å². The molecule has 0 aromatic rings. The minimum absolute atomic E-state index is 1.06. The van der Waals surface area contributed by atoms with E-state index in [1.807, 2.05) is 0 Å². The van der Waals surface area contributed by atoms with Gasteiger partial charge < -0.3 is 0 Å². The molecule has 0 amide bonds. The van der Waals surface area contributed by atoms with Gasteiger partial charge in [-0.1, -0.05) is 77.6 Å². The van der Waals surface area contributed by atoms with Gasteiger partial charge in [0.05, 0.1) is 0 Å².